The van der Waals surface area contributed by atoms with E-state index in [4.69, 9.17) is 0 Å². The molecule has 0 aromatic rings. The van der Waals surface area contributed by atoms with Gasteiger partial charge in [0.05, 0.1) is 0 Å². The normalized spacial score (nSPS) is 11.9. The second kappa shape index (κ2) is 24.4. The third-order valence-corrected chi connectivity index (χ3v) is 2.09. The number of allylic oxidation sites excluding steroid dienone is 2. The van der Waals surface area contributed by atoms with E-state index in [0.717, 1.165) is 25.4 Å². The van der Waals surface area contributed by atoms with Gasteiger partial charge in [0.15, 0.2) is 0 Å². The van der Waals surface area contributed by atoms with Gasteiger partial charge in [0.2, 0.25) is 0 Å². The van der Waals surface area contributed by atoms with Crippen LogP contribution in [0.25, 0.3) is 0 Å². The Labute approximate surface area is 108 Å². The number of carbonyl (C=O) groups is 2. The molecule has 2 nitrogen and oxygen atoms in total. The minimum atomic E-state index is 0. The number of hydrogen-bond acceptors (Lipinski definition) is 2. The molecule has 0 N–H and O–H groups in total. The summed E-state index contributed by atoms with van der Waals surface area (Å²) in [6.45, 7) is 11.8. The number of carbonyl (C=O) groups excluding carboxylic acids is 2. The van der Waals surface area contributed by atoms with Crippen LogP contribution in [0.15, 0.2) is 12.2 Å². The summed E-state index contributed by atoms with van der Waals surface area (Å²) in [6.07, 6.45) is 7.87. The molecule has 0 aromatic carbocycles. The van der Waals surface area contributed by atoms with Crippen LogP contribution in [-0.2, 0) is 9.59 Å². The SMILES string of the molecule is C.C/C=C\C.CCC(C)C=O.CCC(C)C=O. The largest absolute Gasteiger partial charge is 0.303 e. The van der Waals surface area contributed by atoms with Crippen molar-refractivity contribution in [3.05, 3.63) is 12.2 Å². The minimum absolute atomic E-state index is 0. The average molecular weight is 244 g/mol. The molecule has 0 heterocycles. The molecule has 2 atom stereocenters. The Hall–Kier alpha value is -0.920. The lowest BCUT2D eigenvalue weighted by Crippen LogP contribution is -1.89. The molecule has 0 amide bonds. The van der Waals surface area contributed by atoms with Crippen molar-refractivity contribution in [2.24, 2.45) is 11.8 Å². The van der Waals surface area contributed by atoms with E-state index in [2.05, 4.69) is 0 Å². The lowest BCUT2D eigenvalue weighted by atomic mass is 10.2. The van der Waals surface area contributed by atoms with Crippen molar-refractivity contribution >= 4 is 12.6 Å². The molecule has 0 spiro atoms. The zero-order chi connectivity index (χ0) is 13.4. The number of rotatable bonds is 4. The summed E-state index contributed by atoms with van der Waals surface area (Å²) in [5.74, 6) is 0.509. The monoisotopic (exact) mass is 244 g/mol. The Morgan fingerprint density at radius 3 is 1.06 bits per heavy atom. The van der Waals surface area contributed by atoms with E-state index in [1.54, 1.807) is 0 Å². The summed E-state index contributed by atoms with van der Waals surface area (Å²) in [7, 11) is 0. The van der Waals surface area contributed by atoms with E-state index in [0.29, 0.717) is 0 Å². The van der Waals surface area contributed by atoms with Crippen molar-refractivity contribution in [3.63, 3.8) is 0 Å². The van der Waals surface area contributed by atoms with Crippen LogP contribution >= 0.6 is 0 Å². The zero-order valence-electron chi connectivity index (χ0n) is 11.7. The molecule has 0 aliphatic carbocycles. The van der Waals surface area contributed by atoms with Crippen LogP contribution in [0.3, 0.4) is 0 Å². The molecule has 0 rings (SSSR count). The first-order chi connectivity index (χ1) is 7.53. The van der Waals surface area contributed by atoms with Gasteiger partial charge in [0, 0.05) is 11.8 Å². The Balaban J connectivity index is -0.0000000741. The van der Waals surface area contributed by atoms with Gasteiger partial charge in [-0.3, -0.25) is 0 Å². The van der Waals surface area contributed by atoms with Gasteiger partial charge >= 0.3 is 0 Å². The maximum atomic E-state index is 9.74. The van der Waals surface area contributed by atoms with Gasteiger partial charge in [-0.2, -0.15) is 0 Å². The van der Waals surface area contributed by atoms with Gasteiger partial charge in [0.1, 0.15) is 12.6 Å². The van der Waals surface area contributed by atoms with E-state index in [9.17, 15) is 9.59 Å². The first-order valence-corrected chi connectivity index (χ1v) is 6.01. The van der Waals surface area contributed by atoms with Gasteiger partial charge in [0.25, 0.3) is 0 Å². The van der Waals surface area contributed by atoms with E-state index in [-0.39, 0.29) is 19.3 Å². The maximum absolute atomic E-state index is 9.74. The predicted octanol–water partition coefficient (Wildman–Crippen LogP) is 4.68. The highest BCUT2D eigenvalue weighted by Crippen LogP contribution is 1.92. The van der Waals surface area contributed by atoms with Crippen LogP contribution in [0, 0.1) is 11.8 Å². The Morgan fingerprint density at radius 1 is 0.824 bits per heavy atom. The summed E-state index contributed by atoms with van der Waals surface area (Å²) >= 11 is 0. The van der Waals surface area contributed by atoms with E-state index < -0.39 is 0 Å². The third kappa shape index (κ3) is 39.5. The second-order valence-corrected chi connectivity index (χ2v) is 3.71. The van der Waals surface area contributed by atoms with Crippen molar-refractivity contribution in [2.75, 3.05) is 0 Å². The second-order valence-electron chi connectivity index (χ2n) is 3.71. The quantitative estimate of drug-likeness (QED) is 0.531. The molecule has 2 heteroatoms. The van der Waals surface area contributed by atoms with E-state index >= 15 is 0 Å². The predicted molar refractivity (Wildman–Crippen MR) is 78.3 cm³/mol. The van der Waals surface area contributed by atoms with Crippen molar-refractivity contribution in [2.45, 2.75) is 61.8 Å². The van der Waals surface area contributed by atoms with Crippen molar-refractivity contribution < 1.29 is 9.59 Å². The Bertz CT molecular complexity index is 144. The van der Waals surface area contributed by atoms with E-state index in [1.165, 1.54) is 0 Å². The number of aldehydes is 2. The van der Waals surface area contributed by atoms with Gasteiger partial charge in [-0.25, -0.2) is 0 Å². The van der Waals surface area contributed by atoms with Crippen molar-refractivity contribution in [1.82, 2.24) is 0 Å². The molecule has 17 heavy (non-hydrogen) atoms. The van der Waals surface area contributed by atoms with Crippen LogP contribution in [0.2, 0.25) is 0 Å². The first-order valence-electron chi connectivity index (χ1n) is 6.01. The van der Waals surface area contributed by atoms with Gasteiger partial charge < -0.3 is 9.59 Å². The highest BCUT2D eigenvalue weighted by atomic mass is 16.1. The Kier molecular flexibility index (Phi) is 35.9. The molecule has 0 bridgehead atoms. The molecular formula is C15H32O2. The van der Waals surface area contributed by atoms with Gasteiger partial charge in [-0.1, -0.05) is 47.3 Å². The fraction of sp³-hybridized carbons (Fsp3) is 0.733. The zero-order valence-corrected chi connectivity index (χ0v) is 11.7. The summed E-state index contributed by atoms with van der Waals surface area (Å²) in [6, 6.07) is 0. The van der Waals surface area contributed by atoms with Crippen LogP contribution in [0.5, 0.6) is 0 Å². The highest BCUT2D eigenvalue weighted by molar-refractivity contribution is 5.52. The lowest BCUT2D eigenvalue weighted by Gasteiger charge is -1.89. The minimum Gasteiger partial charge on any atom is -0.303 e. The fourth-order valence-corrected chi connectivity index (χ4v) is 0.192. The van der Waals surface area contributed by atoms with Gasteiger partial charge in [-0.15, -0.1) is 0 Å². The molecule has 104 valence electrons. The molecule has 0 radical (unpaired) electrons. The van der Waals surface area contributed by atoms with Crippen molar-refractivity contribution in [3.8, 4) is 0 Å². The average Bonchev–Trinajstić information content (AvgIpc) is 2.37. The smallest absolute Gasteiger partial charge is 0.122 e. The Morgan fingerprint density at radius 2 is 1.06 bits per heavy atom. The molecule has 0 aliphatic rings. The first kappa shape index (κ1) is 25.1. The topological polar surface area (TPSA) is 34.1 Å². The summed E-state index contributed by atoms with van der Waals surface area (Å²) in [5, 5.41) is 0. The number of hydrogen-bond donors (Lipinski definition) is 0. The molecule has 0 saturated heterocycles. The molecule has 0 aromatic heterocycles. The molecule has 0 aliphatic heterocycles. The summed E-state index contributed by atoms with van der Waals surface area (Å²) < 4.78 is 0. The molecule has 0 fully saturated rings. The molecule has 0 saturated carbocycles. The molecule has 2 unspecified atom stereocenters. The molecular weight excluding hydrogens is 212 g/mol. The van der Waals surface area contributed by atoms with Crippen molar-refractivity contribution in [1.29, 1.82) is 0 Å². The maximum Gasteiger partial charge on any atom is 0.122 e. The van der Waals surface area contributed by atoms with Crippen LogP contribution < -0.4 is 0 Å². The van der Waals surface area contributed by atoms with E-state index in [1.807, 2.05) is 53.7 Å². The van der Waals surface area contributed by atoms with Crippen LogP contribution in [0.1, 0.15) is 61.8 Å². The standard InChI is InChI=1S/2C5H10O.C4H8.CH4/c2*1-3-5(2)4-6;1-3-4-2;/h2*4-5H,3H2,1-2H3;3-4H,1-2H3;1H4/b;;4-3-;. The van der Waals surface area contributed by atoms with Crippen LogP contribution in [0.4, 0.5) is 0 Å². The van der Waals surface area contributed by atoms with Crippen LogP contribution in [-0.4, -0.2) is 12.6 Å². The highest BCUT2D eigenvalue weighted by Gasteiger charge is 1.89. The van der Waals surface area contributed by atoms with Gasteiger partial charge in [-0.05, 0) is 26.7 Å². The lowest BCUT2D eigenvalue weighted by molar-refractivity contribution is -0.111. The fourth-order valence-electron chi connectivity index (χ4n) is 0.192. The summed E-state index contributed by atoms with van der Waals surface area (Å²) in [5.41, 5.74) is 0. The summed E-state index contributed by atoms with van der Waals surface area (Å²) in [4.78, 5) is 19.5. The third-order valence-electron chi connectivity index (χ3n) is 2.09.